The van der Waals surface area contributed by atoms with Gasteiger partial charge in [-0.05, 0) is 31.1 Å². The molecule has 0 atom stereocenters. The van der Waals surface area contributed by atoms with E-state index in [1.807, 2.05) is 30.3 Å². The molecule has 0 fully saturated rings. The Labute approximate surface area is 169 Å². The second-order valence-corrected chi connectivity index (χ2v) is 6.25. The Kier molecular flexibility index (Phi) is 7.49. The van der Waals surface area contributed by atoms with Crippen molar-refractivity contribution in [2.75, 3.05) is 20.3 Å². The summed E-state index contributed by atoms with van der Waals surface area (Å²) < 4.78 is 10.1. The Hall–Kier alpha value is -3.66. The number of imide groups is 1. The van der Waals surface area contributed by atoms with E-state index in [4.69, 9.17) is 9.47 Å². The summed E-state index contributed by atoms with van der Waals surface area (Å²) in [4.78, 5) is 37.2. The van der Waals surface area contributed by atoms with Gasteiger partial charge in [0.15, 0.2) is 0 Å². The maximum absolute atomic E-state index is 12.8. The molecule has 1 aliphatic rings. The van der Waals surface area contributed by atoms with E-state index in [9.17, 15) is 19.6 Å². The number of hydrogen-bond acceptors (Lipinski definition) is 6. The maximum atomic E-state index is 12.8. The largest absolute Gasteiger partial charge is 0.496 e. The van der Waals surface area contributed by atoms with Crippen molar-refractivity contribution in [3.05, 3.63) is 58.7 Å². The standard InChI is InChI=1S/C22H22N2O5/c1-15-18(10-6-9-17-8-4-5-11-20(17)28-3)21(26)24(22(27)19(15)14-23)12-7-13-29-16(2)25/h4-6,8-11H,7,12-13H2,1-3H3. The van der Waals surface area contributed by atoms with Crippen molar-refractivity contribution >= 4 is 23.9 Å². The van der Waals surface area contributed by atoms with E-state index in [0.717, 1.165) is 10.5 Å². The quantitative estimate of drug-likeness (QED) is 0.305. The molecule has 0 saturated carbocycles. The van der Waals surface area contributed by atoms with Gasteiger partial charge in [0.25, 0.3) is 11.8 Å². The van der Waals surface area contributed by atoms with Crippen LogP contribution in [0.1, 0.15) is 25.8 Å². The van der Waals surface area contributed by atoms with Crippen LogP contribution in [0.3, 0.4) is 0 Å². The number of nitriles is 1. The zero-order valence-corrected chi connectivity index (χ0v) is 16.6. The molecule has 7 heteroatoms. The van der Waals surface area contributed by atoms with Crippen LogP contribution in [-0.4, -0.2) is 42.9 Å². The molecule has 0 spiro atoms. The third-order valence-electron chi connectivity index (χ3n) is 4.33. The molecule has 0 unspecified atom stereocenters. The molecular weight excluding hydrogens is 372 g/mol. The van der Waals surface area contributed by atoms with Crippen LogP contribution < -0.4 is 4.74 Å². The van der Waals surface area contributed by atoms with Crippen molar-refractivity contribution in [3.63, 3.8) is 0 Å². The number of amides is 2. The fraction of sp³-hybridized carbons (Fsp3) is 0.273. The van der Waals surface area contributed by atoms with Crippen LogP contribution >= 0.6 is 0 Å². The Bertz CT molecular complexity index is 950. The molecule has 1 heterocycles. The van der Waals surface area contributed by atoms with Gasteiger partial charge in [0, 0.05) is 24.6 Å². The fourth-order valence-electron chi connectivity index (χ4n) is 2.85. The van der Waals surface area contributed by atoms with Gasteiger partial charge in [-0.2, -0.15) is 5.26 Å². The molecule has 0 saturated heterocycles. The van der Waals surface area contributed by atoms with E-state index < -0.39 is 17.8 Å². The zero-order valence-electron chi connectivity index (χ0n) is 16.6. The Morgan fingerprint density at radius 2 is 1.97 bits per heavy atom. The number of carbonyl (C=O) groups is 3. The summed E-state index contributed by atoms with van der Waals surface area (Å²) in [5, 5.41) is 9.37. The van der Waals surface area contributed by atoms with E-state index in [2.05, 4.69) is 0 Å². The number of hydrogen-bond donors (Lipinski definition) is 0. The van der Waals surface area contributed by atoms with Crippen LogP contribution in [0, 0.1) is 11.3 Å². The van der Waals surface area contributed by atoms with Gasteiger partial charge in [-0.1, -0.05) is 30.4 Å². The lowest BCUT2D eigenvalue weighted by Gasteiger charge is -2.27. The highest BCUT2D eigenvalue weighted by molar-refractivity contribution is 6.18. The van der Waals surface area contributed by atoms with Crippen LogP contribution in [0.5, 0.6) is 5.75 Å². The topological polar surface area (TPSA) is 96.7 Å². The van der Waals surface area contributed by atoms with Gasteiger partial charge in [-0.15, -0.1) is 0 Å². The monoisotopic (exact) mass is 394 g/mol. The minimum atomic E-state index is -0.635. The smallest absolute Gasteiger partial charge is 0.302 e. The first kappa shape index (κ1) is 21.6. The summed E-state index contributed by atoms with van der Waals surface area (Å²) in [6.45, 7) is 3.00. The summed E-state index contributed by atoms with van der Waals surface area (Å²) >= 11 is 0. The van der Waals surface area contributed by atoms with Crippen molar-refractivity contribution < 1.29 is 23.9 Å². The molecule has 2 rings (SSSR count). The number of esters is 1. The molecule has 1 aromatic rings. The van der Waals surface area contributed by atoms with Crippen LogP contribution in [0.15, 0.2) is 53.1 Å². The Morgan fingerprint density at radius 1 is 1.24 bits per heavy atom. The number of rotatable bonds is 7. The average molecular weight is 394 g/mol. The van der Waals surface area contributed by atoms with E-state index in [0.29, 0.717) is 17.7 Å². The van der Waals surface area contributed by atoms with Crippen LogP contribution in [0.25, 0.3) is 6.08 Å². The third kappa shape index (κ3) is 5.20. The van der Waals surface area contributed by atoms with Crippen molar-refractivity contribution in [1.82, 2.24) is 4.90 Å². The molecule has 0 aromatic heterocycles. The highest BCUT2D eigenvalue weighted by Gasteiger charge is 2.34. The molecule has 29 heavy (non-hydrogen) atoms. The Morgan fingerprint density at radius 3 is 2.62 bits per heavy atom. The van der Waals surface area contributed by atoms with E-state index in [-0.39, 0.29) is 24.3 Å². The van der Waals surface area contributed by atoms with Gasteiger partial charge in [0.05, 0.1) is 13.7 Å². The van der Waals surface area contributed by atoms with Crippen LogP contribution in [0.2, 0.25) is 0 Å². The minimum Gasteiger partial charge on any atom is -0.496 e. The number of ether oxygens (including phenoxy) is 2. The number of carbonyl (C=O) groups excluding carboxylic acids is 3. The average Bonchev–Trinajstić information content (AvgIpc) is 2.70. The van der Waals surface area contributed by atoms with Gasteiger partial charge in [0.1, 0.15) is 17.4 Å². The molecular formula is C22H22N2O5. The van der Waals surface area contributed by atoms with Gasteiger partial charge in [-0.3, -0.25) is 19.3 Å². The number of allylic oxidation sites excluding steroid dienone is 2. The summed E-state index contributed by atoms with van der Waals surface area (Å²) in [5.74, 6) is -0.871. The summed E-state index contributed by atoms with van der Waals surface area (Å²) in [6, 6.07) is 9.29. The normalized spacial score (nSPS) is 15.8. The molecule has 0 N–H and O–H groups in total. The molecule has 150 valence electrons. The molecule has 0 bridgehead atoms. The van der Waals surface area contributed by atoms with Crippen molar-refractivity contribution in [2.45, 2.75) is 20.3 Å². The lowest BCUT2D eigenvalue weighted by Crippen LogP contribution is -2.43. The summed E-state index contributed by atoms with van der Waals surface area (Å²) in [7, 11) is 1.57. The van der Waals surface area contributed by atoms with Gasteiger partial charge in [0.2, 0.25) is 0 Å². The predicted octanol–water partition coefficient (Wildman–Crippen LogP) is 2.80. The zero-order chi connectivity index (χ0) is 21.4. The molecule has 0 radical (unpaired) electrons. The first-order chi connectivity index (χ1) is 13.9. The fourth-order valence-corrected chi connectivity index (χ4v) is 2.85. The SMILES string of the molecule is COc1ccccc1C=CC=C1C(=O)N(CCCOC(C)=O)C(=O)C(C#N)=C1C. The van der Waals surface area contributed by atoms with Crippen LogP contribution in [-0.2, 0) is 19.1 Å². The number of para-hydroxylation sites is 1. The van der Waals surface area contributed by atoms with E-state index >= 15 is 0 Å². The van der Waals surface area contributed by atoms with Gasteiger partial charge >= 0.3 is 5.97 Å². The second kappa shape index (κ2) is 10.0. The predicted molar refractivity (Wildman–Crippen MR) is 106 cm³/mol. The molecule has 2 amide bonds. The second-order valence-electron chi connectivity index (χ2n) is 6.25. The Balaban J connectivity index is 2.28. The minimum absolute atomic E-state index is 0.0525. The van der Waals surface area contributed by atoms with Crippen molar-refractivity contribution in [1.29, 1.82) is 5.26 Å². The maximum Gasteiger partial charge on any atom is 0.302 e. The van der Waals surface area contributed by atoms with Crippen molar-refractivity contribution in [2.24, 2.45) is 0 Å². The molecule has 0 aliphatic carbocycles. The number of nitrogens with zero attached hydrogens (tertiary/aromatic N) is 2. The lowest BCUT2D eigenvalue weighted by molar-refractivity contribution is -0.141. The molecule has 1 aliphatic heterocycles. The summed E-state index contributed by atoms with van der Waals surface area (Å²) in [6.07, 6.45) is 5.32. The molecule has 1 aromatic carbocycles. The van der Waals surface area contributed by atoms with Gasteiger partial charge in [-0.25, -0.2) is 0 Å². The highest BCUT2D eigenvalue weighted by atomic mass is 16.5. The van der Waals surface area contributed by atoms with E-state index in [1.165, 1.54) is 6.92 Å². The molecule has 7 nitrogen and oxygen atoms in total. The van der Waals surface area contributed by atoms with Crippen molar-refractivity contribution in [3.8, 4) is 11.8 Å². The first-order valence-electron chi connectivity index (χ1n) is 9.03. The number of methoxy groups -OCH3 is 1. The number of benzene rings is 1. The first-order valence-corrected chi connectivity index (χ1v) is 9.03. The summed E-state index contributed by atoms with van der Waals surface area (Å²) in [5.41, 5.74) is 1.35. The third-order valence-corrected chi connectivity index (χ3v) is 4.33. The van der Waals surface area contributed by atoms with E-state index in [1.54, 1.807) is 32.3 Å². The lowest BCUT2D eigenvalue weighted by atomic mass is 9.94. The van der Waals surface area contributed by atoms with Gasteiger partial charge < -0.3 is 9.47 Å². The van der Waals surface area contributed by atoms with Crippen LogP contribution in [0.4, 0.5) is 0 Å². The highest BCUT2D eigenvalue weighted by Crippen LogP contribution is 2.26.